The molecule has 0 aromatic carbocycles. The number of rotatable bonds is 3. The van der Waals surface area contributed by atoms with Gasteiger partial charge in [-0.3, -0.25) is 0 Å². The zero-order valence-electron chi connectivity index (χ0n) is 7.37. The Labute approximate surface area is 76.4 Å². The highest BCUT2D eigenvalue weighted by molar-refractivity contribution is 5.93. The van der Waals surface area contributed by atoms with E-state index in [1.165, 1.54) is 6.20 Å². The van der Waals surface area contributed by atoms with Crippen molar-refractivity contribution in [3.63, 3.8) is 0 Å². The second-order valence-corrected chi connectivity index (χ2v) is 2.54. The van der Waals surface area contributed by atoms with Gasteiger partial charge in [-0.2, -0.15) is 0 Å². The fourth-order valence-electron chi connectivity index (χ4n) is 1.14. The van der Waals surface area contributed by atoms with Gasteiger partial charge in [-0.1, -0.05) is 18.7 Å². The van der Waals surface area contributed by atoms with E-state index in [1.807, 2.05) is 6.92 Å². The van der Waals surface area contributed by atoms with Gasteiger partial charge in [-0.05, 0) is 13.0 Å². The Kier molecular flexibility index (Phi) is 2.69. The topological polar surface area (TPSA) is 53.1 Å². The Morgan fingerprint density at radius 2 is 2.38 bits per heavy atom. The van der Waals surface area contributed by atoms with Crippen LogP contribution in [-0.4, -0.2) is 16.1 Å². The minimum absolute atomic E-state index is 0.271. The molecule has 0 spiro atoms. The molecule has 2 N–H and O–H groups in total. The summed E-state index contributed by atoms with van der Waals surface area (Å²) in [4.78, 5) is 13.6. The van der Waals surface area contributed by atoms with Crippen LogP contribution in [-0.2, 0) is 0 Å². The second-order valence-electron chi connectivity index (χ2n) is 2.54. The lowest BCUT2D eigenvalue weighted by Gasteiger charge is -1.93. The lowest BCUT2D eigenvalue weighted by molar-refractivity contribution is 0.0697. The molecule has 1 aromatic rings. The summed E-state index contributed by atoms with van der Waals surface area (Å²) >= 11 is 0. The zero-order valence-corrected chi connectivity index (χ0v) is 7.37. The number of aromatic amines is 1. The zero-order chi connectivity index (χ0) is 9.84. The molecule has 0 atom stereocenters. The summed E-state index contributed by atoms with van der Waals surface area (Å²) in [5, 5.41) is 8.81. The molecule has 0 amide bonds. The van der Waals surface area contributed by atoms with Crippen LogP contribution < -0.4 is 0 Å². The monoisotopic (exact) mass is 177 g/mol. The molecule has 0 unspecified atom stereocenters. The first kappa shape index (κ1) is 9.32. The third kappa shape index (κ3) is 1.69. The highest BCUT2D eigenvalue weighted by Gasteiger charge is 2.11. The molecule has 13 heavy (non-hydrogen) atoms. The van der Waals surface area contributed by atoms with Gasteiger partial charge in [0.1, 0.15) is 0 Å². The number of aromatic carboxylic acids is 1. The van der Waals surface area contributed by atoms with E-state index in [-0.39, 0.29) is 5.56 Å². The normalized spacial score (nSPS) is 10.5. The number of nitrogens with one attached hydrogen (secondary N) is 1. The number of carboxylic acid groups (broad SMARTS) is 1. The number of allylic oxidation sites excluding steroid dienone is 1. The number of hydrogen-bond acceptors (Lipinski definition) is 1. The Balaban J connectivity index is 3.29. The van der Waals surface area contributed by atoms with Crippen molar-refractivity contribution in [3.05, 3.63) is 35.7 Å². The van der Waals surface area contributed by atoms with Crippen LogP contribution in [0.5, 0.6) is 0 Å². The van der Waals surface area contributed by atoms with Crippen molar-refractivity contribution < 1.29 is 9.90 Å². The van der Waals surface area contributed by atoms with Crippen molar-refractivity contribution in [2.45, 2.75) is 6.92 Å². The summed E-state index contributed by atoms with van der Waals surface area (Å²) in [5.41, 5.74) is 1.67. The highest BCUT2D eigenvalue weighted by atomic mass is 16.4. The quantitative estimate of drug-likeness (QED) is 0.744. The number of H-pyrrole nitrogens is 1. The van der Waals surface area contributed by atoms with Gasteiger partial charge in [0.2, 0.25) is 0 Å². The molecule has 1 aromatic heterocycles. The molecule has 1 heterocycles. The third-order valence-electron chi connectivity index (χ3n) is 1.72. The van der Waals surface area contributed by atoms with Gasteiger partial charge >= 0.3 is 5.97 Å². The van der Waals surface area contributed by atoms with Crippen molar-refractivity contribution in [3.8, 4) is 0 Å². The highest BCUT2D eigenvalue weighted by Crippen LogP contribution is 2.17. The molecular formula is C10H11NO2. The number of hydrogen-bond donors (Lipinski definition) is 2. The third-order valence-corrected chi connectivity index (χ3v) is 1.72. The first-order valence-corrected chi connectivity index (χ1v) is 3.90. The lowest BCUT2D eigenvalue weighted by Crippen LogP contribution is -1.95. The van der Waals surface area contributed by atoms with E-state index in [0.717, 1.165) is 5.69 Å². The van der Waals surface area contributed by atoms with E-state index >= 15 is 0 Å². The first-order chi connectivity index (χ1) is 6.20. The van der Waals surface area contributed by atoms with Crippen molar-refractivity contribution in [1.82, 2.24) is 4.98 Å². The first-order valence-electron chi connectivity index (χ1n) is 3.90. The van der Waals surface area contributed by atoms with Crippen molar-refractivity contribution in [2.75, 3.05) is 0 Å². The average Bonchev–Trinajstić information content (AvgIpc) is 2.48. The van der Waals surface area contributed by atoms with E-state index in [2.05, 4.69) is 11.6 Å². The molecule has 0 radical (unpaired) electrons. The fourth-order valence-corrected chi connectivity index (χ4v) is 1.14. The van der Waals surface area contributed by atoms with Crippen LogP contribution in [0, 0.1) is 0 Å². The Hall–Kier alpha value is -1.77. The van der Waals surface area contributed by atoms with Crippen molar-refractivity contribution in [1.29, 1.82) is 0 Å². The average molecular weight is 177 g/mol. The number of carbonyl (C=O) groups is 1. The van der Waals surface area contributed by atoms with Crippen LogP contribution in [0.2, 0.25) is 0 Å². The standard InChI is InChI=1S/C10H11NO2/c1-3-5-7-8(10(12)13)6-11-9(7)4-2/h3-6,11H,2H2,1H3,(H,12,13)/b5-3-. The second kappa shape index (κ2) is 3.76. The molecule has 0 bridgehead atoms. The maximum Gasteiger partial charge on any atom is 0.337 e. The SMILES string of the molecule is C=Cc1[nH]cc(C(=O)O)c1/C=C\C. The predicted octanol–water partition coefficient (Wildman–Crippen LogP) is 2.39. The molecule has 0 aliphatic carbocycles. The Morgan fingerprint density at radius 3 is 2.85 bits per heavy atom. The molecule has 0 saturated heterocycles. The summed E-state index contributed by atoms with van der Waals surface area (Å²) in [6.07, 6.45) is 6.61. The van der Waals surface area contributed by atoms with Gasteiger partial charge in [0.15, 0.2) is 0 Å². The van der Waals surface area contributed by atoms with Gasteiger partial charge in [0.25, 0.3) is 0 Å². The fraction of sp³-hybridized carbons (Fsp3) is 0.100. The molecular weight excluding hydrogens is 166 g/mol. The summed E-state index contributed by atoms with van der Waals surface area (Å²) in [7, 11) is 0. The van der Waals surface area contributed by atoms with Crippen molar-refractivity contribution >= 4 is 18.1 Å². The van der Waals surface area contributed by atoms with Crippen molar-refractivity contribution in [2.24, 2.45) is 0 Å². The number of aromatic nitrogens is 1. The van der Waals surface area contributed by atoms with Crippen LogP contribution in [0.25, 0.3) is 12.2 Å². The van der Waals surface area contributed by atoms with Gasteiger partial charge in [-0.25, -0.2) is 4.79 Å². The van der Waals surface area contributed by atoms with Crippen LogP contribution >= 0.6 is 0 Å². The smallest absolute Gasteiger partial charge is 0.337 e. The lowest BCUT2D eigenvalue weighted by atomic mass is 10.1. The largest absolute Gasteiger partial charge is 0.478 e. The summed E-state index contributed by atoms with van der Waals surface area (Å²) in [6, 6.07) is 0. The van der Waals surface area contributed by atoms with Gasteiger partial charge in [0.05, 0.1) is 5.56 Å². The Bertz CT molecular complexity index is 361. The van der Waals surface area contributed by atoms with Crippen LogP contribution in [0.15, 0.2) is 18.9 Å². The molecule has 3 nitrogen and oxygen atoms in total. The Morgan fingerprint density at radius 1 is 1.69 bits per heavy atom. The van der Waals surface area contributed by atoms with Crippen LogP contribution in [0.3, 0.4) is 0 Å². The van der Waals surface area contributed by atoms with Gasteiger partial charge in [0, 0.05) is 17.5 Å². The van der Waals surface area contributed by atoms with Crippen LogP contribution in [0.4, 0.5) is 0 Å². The molecule has 0 aliphatic heterocycles. The van der Waals surface area contributed by atoms with E-state index in [9.17, 15) is 4.79 Å². The maximum absolute atomic E-state index is 10.7. The minimum atomic E-state index is -0.933. The summed E-state index contributed by atoms with van der Waals surface area (Å²) in [6.45, 7) is 5.43. The predicted molar refractivity (Wildman–Crippen MR) is 52.6 cm³/mol. The minimum Gasteiger partial charge on any atom is -0.478 e. The molecule has 1 rings (SSSR count). The van der Waals surface area contributed by atoms with Crippen LogP contribution in [0.1, 0.15) is 28.5 Å². The van der Waals surface area contributed by atoms with E-state index in [4.69, 9.17) is 5.11 Å². The van der Waals surface area contributed by atoms with E-state index in [0.29, 0.717) is 5.56 Å². The molecule has 3 heteroatoms. The summed E-state index contributed by atoms with van der Waals surface area (Å²) in [5.74, 6) is -0.933. The van der Waals surface area contributed by atoms with E-state index < -0.39 is 5.97 Å². The summed E-state index contributed by atoms with van der Waals surface area (Å²) < 4.78 is 0. The maximum atomic E-state index is 10.7. The van der Waals surface area contributed by atoms with Gasteiger partial charge in [-0.15, -0.1) is 0 Å². The molecule has 0 saturated carbocycles. The molecule has 68 valence electrons. The number of carboxylic acids is 1. The van der Waals surface area contributed by atoms with E-state index in [1.54, 1.807) is 18.2 Å². The molecule has 0 fully saturated rings. The molecule has 0 aliphatic rings. The van der Waals surface area contributed by atoms with Gasteiger partial charge < -0.3 is 10.1 Å².